The number of nitrogens with one attached hydrogen (secondary N) is 1. The molecule has 3 unspecified atom stereocenters. The van der Waals surface area contributed by atoms with Crippen molar-refractivity contribution < 1.29 is 18.3 Å². The van der Waals surface area contributed by atoms with Crippen LogP contribution in [-0.2, 0) is 0 Å². The fraction of sp³-hybridized carbons (Fsp3) is 0.522. The lowest BCUT2D eigenvalue weighted by atomic mass is 9.96. The maximum Gasteiger partial charge on any atom is 0.214 e. The third-order valence-electron chi connectivity index (χ3n) is 6.82. The van der Waals surface area contributed by atoms with Crippen molar-refractivity contribution in [2.75, 3.05) is 36.4 Å². The lowest BCUT2D eigenvalue weighted by Crippen LogP contribution is -2.38. The van der Waals surface area contributed by atoms with Gasteiger partial charge >= 0.3 is 0 Å². The molecule has 1 aromatic carbocycles. The van der Waals surface area contributed by atoms with Crippen LogP contribution in [-0.4, -0.2) is 53.8 Å². The van der Waals surface area contributed by atoms with E-state index < -0.39 is 17.6 Å². The Hall–Kier alpha value is -1.68. The fourth-order valence-corrected chi connectivity index (χ4v) is 6.41. The lowest BCUT2D eigenvalue weighted by Gasteiger charge is -2.29. The number of aliphatic hydroxyl groups is 1. The van der Waals surface area contributed by atoms with Crippen molar-refractivity contribution in [2.24, 2.45) is 5.92 Å². The van der Waals surface area contributed by atoms with E-state index in [9.17, 15) is 13.2 Å². The highest BCUT2D eigenvalue weighted by Gasteiger charge is 2.42. The number of fused-ring (bicyclic) bond motifs is 1. The lowest BCUT2D eigenvalue weighted by molar-refractivity contribution is 0.193. The van der Waals surface area contributed by atoms with E-state index in [1.807, 2.05) is 4.90 Å². The zero-order valence-corrected chi connectivity index (χ0v) is 20.0. The van der Waals surface area contributed by atoms with Gasteiger partial charge in [-0.2, -0.15) is 4.39 Å². The van der Waals surface area contributed by atoms with Crippen molar-refractivity contribution in [1.29, 1.82) is 0 Å². The smallest absolute Gasteiger partial charge is 0.214 e. The molecule has 33 heavy (non-hydrogen) atoms. The summed E-state index contributed by atoms with van der Waals surface area (Å²) in [4.78, 5) is 8.04. The number of aromatic nitrogens is 1. The van der Waals surface area contributed by atoms with Gasteiger partial charge in [-0.1, -0.05) is 17.7 Å². The van der Waals surface area contributed by atoms with E-state index >= 15 is 0 Å². The highest BCUT2D eigenvalue weighted by molar-refractivity contribution is 8.00. The summed E-state index contributed by atoms with van der Waals surface area (Å²) >= 11 is 7.04. The number of benzene rings is 1. The molecule has 5 rings (SSSR count). The fourth-order valence-electron chi connectivity index (χ4n) is 5.42. The van der Waals surface area contributed by atoms with E-state index in [0.717, 1.165) is 32.7 Å². The van der Waals surface area contributed by atoms with E-state index in [2.05, 4.69) is 14.6 Å². The molecular weight excluding hydrogens is 473 g/mol. The molecule has 0 bridgehead atoms. The number of aliphatic hydroxyl groups excluding tert-OH is 1. The summed E-state index contributed by atoms with van der Waals surface area (Å²) in [5.41, 5.74) is 0.406. The van der Waals surface area contributed by atoms with E-state index in [0.29, 0.717) is 29.6 Å². The van der Waals surface area contributed by atoms with Gasteiger partial charge in [0.05, 0.1) is 5.69 Å². The second kappa shape index (κ2) is 10.7. The monoisotopic (exact) mass is 500 g/mol. The van der Waals surface area contributed by atoms with Gasteiger partial charge in [0.25, 0.3) is 0 Å². The second-order valence-corrected chi connectivity index (χ2v) is 9.75. The molecule has 3 saturated heterocycles. The molecule has 2 N–H and O–H groups in total. The van der Waals surface area contributed by atoms with Gasteiger partial charge in [0.2, 0.25) is 5.95 Å². The number of nitrogens with zero attached hydrogens (tertiary/aromatic N) is 3. The Bertz CT molecular complexity index is 985. The summed E-state index contributed by atoms with van der Waals surface area (Å²) < 4.78 is 45.7. The summed E-state index contributed by atoms with van der Waals surface area (Å²) in [6, 6.07) is 6.79. The predicted molar refractivity (Wildman–Crippen MR) is 126 cm³/mol. The average Bonchev–Trinajstić information content (AvgIpc) is 3.55. The molecule has 180 valence electrons. The standard InChI is InChI=1S/C22H24ClF3N4S.CH4O/c23-20-17(29-10-8-13(12-29)16-7-6-14-3-2-9-30(14)16)11-15(24)22(21(20)26)31-28-19-5-1-4-18(25)27-19;1-2/h1,4-5,11,13-14,16H,2-3,6-10,12H2,(H,27,28);2H,1H3. The van der Waals surface area contributed by atoms with Gasteiger partial charge in [-0.15, -0.1) is 0 Å². The first-order valence-electron chi connectivity index (χ1n) is 11.2. The molecule has 3 atom stereocenters. The van der Waals surface area contributed by atoms with E-state index in [-0.39, 0.29) is 15.7 Å². The van der Waals surface area contributed by atoms with Gasteiger partial charge in [-0.05, 0) is 68.6 Å². The molecule has 0 radical (unpaired) electrons. The zero-order valence-electron chi connectivity index (χ0n) is 18.4. The minimum atomic E-state index is -0.811. The number of rotatable bonds is 5. The maximum atomic E-state index is 15.0. The van der Waals surface area contributed by atoms with Crippen LogP contribution in [0.1, 0.15) is 32.1 Å². The first-order chi connectivity index (χ1) is 16.0. The number of hydrogen-bond donors (Lipinski definition) is 2. The van der Waals surface area contributed by atoms with Crippen molar-refractivity contribution in [1.82, 2.24) is 9.88 Å². The van der Waals surface area contributed by atoms with E-state index in [1.54, 1.807) is 0 Å². The van der Waals surface area contributed by atoms with Crippen LogP contribution < -0.4 is 9.62 Å². The summed E-state index contributed by atoms with van der Waals surface area (Å²) in [7, 11) is 1.00. The second-order valence-electron chi connectivity index (χ2n) is 8.56. The summed E-state index contributed by atoms with van der Waals surface area (Å²) in [5, 5.41) is 6.92. The molecule has 0 amide bonds. The van der Waals surface area contributed by atoms with Crippen molar-refractivity contribution in [3.63, 3.8) is 0 Å². The third kappa shape index (κ3) is 5.06. The third-order valence-corrected chi connectivity index (χ3v) is 8.07. The minimum absolute atomic E-state index is 0.0796. The van der Waals surface area contributed by atoms with Crippen LogP contribution in [0.15, 0.2) is 29.2 Å². The molecule has 3 fully saturated rings. The molecule has 5 nitrogen and oxygen atoms in total. The molecular formula is C23H28ClF3N4OS. The first kappa shape index (κ1) is 24.4. The first-order valence-corrected chi connectivity index (χ1v) is 12.4. The van der Waals surface area contributed by atoms with Gasteiger partial charge < -0.3 is 14.7 Å². The molecule has 1 aromatic heterocycles. The highest BCUT2D eigenvalue weighted by atomic mass is 35.5. The number of anilines is 2. The number of halogens is 4. The largest absolute Gasteiger partial charge is 0.400 e. The Morgan fingerprint density at radius 3 is 2.73 bits per heavy atom. The highest BCUT2D eigenvalue weighted by Crippen LogP contribution is 2.42. The molecule has 0 aliphatic carbocycles. The van der Waals surface area contributed by atoms with Gasteiger partial charge in [-0.3, -0.25) is 4.90 Å². The van der Waals surface area contributed by atoms with Gasteiger partial charge in [0.15, 0.2) is 5.82 Å². The van der Waals surface area contributed by atoms with Gasteiger partial charge in [-0.25, -0.2) is 13.8 Å². The van der Waals surface area contributed by atoms with Crippen LogP contribution in [0.25, 0.3) is 0 Å². The molecule has 0 spiro atoms. The molecule has 3 aliphatic rings. The molecule has 0 saturated carbocycles. The summed E-state index contributed by atoms with van der Waals surface area (Å²) in [6.45, 7) is 2.69. The Morgan fingerprint density at radius 1 is 1.12 bits per heavy atom. The molecule has 3 aliphatic heterocycles. The van der Waals surface area contributed by atoms with Crippen molar-refractivity contribution in [3.8, 4) is 0 Å². The Balaban J connectivity index is 0.00000126. The molecule has 4 heterocycles. The van der Waals surface area contributed by atoms with Crippen LogP contribution in [0, 0.1) is 23.5 Å². The van der Waals surface area contributed by atoms with Crippen LogP contribution >= 0.6 is 23.5 Å². The SMILES string of the molecule is CO.Fc1cccc(NSc2c(F)cc(N3CCC(C4CCC5CCCN54)C3)c(Cl)c2F)n1. The number of pyridine rings is 1. The van der Waals surface area contributed by atoms with E-state index in [1.165, 1.54) is 56.5 Å². The van der Waals surface area contributed by atoms with Crippen molar-refractivity contribution in [2.45, 2.75) is 49.1 Å². The predicted octanol–water partition coefficient (Wildman–Crippen LogP) is 5.33. The normalized spacial score (nSPS) is 24.5. The summed E-state index contributed by atoms with van der Waals surface area (Å²) in [6.07, 6.45) is 6.07. The zero-order chi connectivity index (χ0) is 23.5. The Kier molecular flexibility index (Phi) is 7.94. The topological polar surface area (TPSA) is 51.6 Å². The van der Waals surface area contributed by atoms with E-state index in [4.69, 9.17) is 16.7 Å². The Morgan fingerprint density at radius 2 is 1.94 bits per heavy atom. The Labute approximate surface area is 201 Å². The van der Waals surface area contributed by atoms with Crippen LogP contribution in [0.5, 0.6) is 0 Å². The van der Waals surface area contributed by atoms with Crippen molar-refractivity contribution in [3.05, 3.63) is 46.9 Å². The minimum Gasteiger partial charge on any atom is -0.400 e. The molecule has 2 aromatic rings. The van der Waals surface area contributed by atoms with Crippen LogP contribution in [0.3, 0.4) is 0 Å². The quantitative estimate of drug-likeness (QED) is 0.328. The molecule has 10 heteroatoms. The van der Waals surface area contributed by atoms with Crippen LogP contribution in [0.4, 0.5) is 24.7 Å². The van der Waals surface area contributed by atoms with Crippen molar-refractivity contribution >= 4 is 35.1 Å². The maximum absolute atomic E-state index is 15.0. The average molecular weight is 501 g/mol. The van der Waals surface area contributed by atoms with Crippen LogP contribution in [0.2, 0.25) is 5.02 Å². The van der Waals surface area contributed by atoms with Gasteiger partial charge in [0, 0.05) is 38.3 Å². The summed E-state index contributed by atoms with van der Waals surface area (Å²) in [5.74, 6) is -1.52. The number of hydrogen-bond acceptors (Lipinski definition) is 6. The van der Waals surface area contributed by atoms with Gasteiger partial charge in [0.1, 0.15) is 21.6 Å².